The molecule has 0 fully saturated rings. The van der Waals surface area contributed by atoms with Crippen LogP contribution in [0.2, 0.25) is 0 Å². The van der Waals surface area contributed by atoms with Crippen LogP contribution >= 0.6 is 0 Å². The molecule has 1 atom stereocenters. The Morgan fingerprint density at radius 2 is 1.78 bits per heavy atom. The number of benzene rings is 1. The van der Waals surface area contributed by atoms with Crippen LogP contribution in [0.15, 0.2) is 73.2 Å². The van der Waals surface area contributed by atoms with Gasteiger partial charge < -0.3 is 4.90 Å². The second-order valence-electron chi connectivity index (χ2n) is 6.49. The molecular weight excluding hydrogens is 341 g/mol. The lowest BCUT2D eigenvalue weighted by Gasteiger charge is -2.24. The number of carbonyl (C=O) groups is 1. The molecule has 0 saturated carbocycles. The summed E-state index contributed by atoms with van der Waals surface area (Å²) in [7, 11) is 1.80. The summed E-state index contributed by atoms with van der Waals surface area (Å²) < 4.78 is 13.3. The molecule has 3 rings (SSSR count). The van der Waals surface area contributed by atoms with Gasteiger partial charge in [-0.05, 0) is 53.9 Å². The molecule has 138 valence electrons. The maximum Gasteiger partial charge on any atom is 0.230 e. The van der Waals surface area contributed by atoms with Crippen LogP contribution in [0.1, 0.15) is 22.7 Å². The van der Waals surface area contributed by atoms with Crippen molar-refractivity contribution in [2.75, 3.05) is 13.6 Å². The Hall–Kier alpha value is -3.08. The molecule has 0 saturated heterocycles. The first-order chi connectivity index (χ1) is 13.1. The van der Waals surface area contributed by atoms with Gasteiger partial charge in [0.1, 0.15) is 5.82 Å². The van der Waals surface area contributed by atoms with Crippen molar-refractivity contribution in [3.05, 3.63) is 95.8 Å². The molecule has 5 heteroatoms. The summed E-state index contributed by atoms with van der Waals surface area (Å²) in [6, 6.07) is 15.7. The largest absolute Gasteiger partial charge is 0.345 e. The molecule has 0 N–H and O–H groups in total. The number of halogens is 1. The third-order valence-corrected chi connectivity index (χ3v) is 4.57. The second kappa shape index (κ2) is 9.03. The van der Waals surface area contributed by atoms with Crippen molar-refractivity contribution in [2.24, 2.45) is 0 Å². The first-order valence-corrected chi connectivity index (χ1v) is 8.93. The fourth-order valence-corrected chi connectivity index (χ4v) is 2.99. The highest BCUT2D eigenvalue weighted by Gasteiger charge is 2.24. The van der Waals surface area contributed by atoms with Gasteiger partial charge in [-0.2, -0.15) is 0 Å². The molecule has 1 amide bonds. The molecule has 4 nitrogen and oxygen atoms in total. The first-order valence-electron chi connectivity index (χ1n) is 8.93. The van der Waals surface area contributed by atoms with Crippen molar-refractivity contribution >= 4 is 5.91 Å². The number of rotatable bonds is 7. The SMILES string of the molecule is CN(CCc1ccncc1)C(=O)C(Cc1ccccn1)c1ccc(F)cc1. The lowest BCUT2D eigenvalue weighted by Crippen LogP contribution is -2.34. The number of pyridine rings is 2. The van der Waals surface area contributed by atoms with Gasteiger partial charge >= 0.3 is 0 Å². The van der Waals surface area contributed by atoms with E-state index in [0.717, 1.165) is 23.2 Å². The number of likely N-dealkylation sites (N-methyl/N-ethyl adjacent to an activating group) is 1. The Morgan fingerprint density at radius 3 is 2.44 bits per heavy atom. The van der Waals surface area contributed by atoms with E-state index in [1.54, 1.807) is 42.7 Å². The van der Waals surface area contributed by atoms with Crippen LogP contribution in [-0.4, -0.2) is 34.4 Å². The van der Waals surface area contributed by atoms with E-state index in [1.165, 1.54) is 12.1 Å². The van der Waals surface area contributed by atoms with Gasteiger partial charge in [0, 0.05) is 44.3 Å². The average molecular weight is 363 g/mol. The van der Waals surface area contributed by atoms with E-state index < -0.39 is 5.92 Å². The Labute approximate surface area is 158 Å². The molecule has 0 aliphatic carbocycles. The fraction of sp³-hybridized carbons (Fsp3) is 0.227. The zero-order valence-corrected chi connectivity index (χ0v) is 15.3. The maximum absolute atomic E-state index is 13.3. The van der Waals surface area contributed by atoms with Gasteiger partial charge in [0.15, 0.2) is 0 Å². The molecule has 3 aromatic rings. The summed E-state index contributed by atoms with van der Waals surface area (Å²) in [5.41, 5.74) is 2.76. The van der Waals surface area contributed by atoms with Crippen LogP contribution in [-0.2, 0) is 17.6 Å². The number of amides is 1. The van der Waals surface area contributed by atoms with Crippen LogP contribution in [0.25, 0.3) is 0 Å². The minimum absolute atomic E-state index is 0.00122. The summed E-state index contributed by atoms with van der Waals surface area (Å²) in [4.78, 5) is 23.2. The van der Waals surface area contributed by atoms with Gasteiger partial charge in [0.05, 0.1) is 5.92 Å². The summed E-state index contributed by atoms with van der Waals surface area (Å²) >= 11 is 0. The molecule has 0 aliphatic heterocycles. The van der Waals surface area contributed by atoms with Crippen molar-refractivity contribution < 1.29 is 9.18 Å². The Kier molecular flexibility index (Phi) is 6.26. The predicted molar refractivity (Wildman–Crippen MR) is 103 cm³/mol. The summed E-state index contributed by atoms with van der Waals surface area (Å²) in [6.07, 6.45) is 6.45. The molecule has 1 aromatic carbocycles. The van der Waals surface area contributed by atoms with Gasteiger partial charge in [-0.3, -0.25) is 14.8 Å². The zero-order valence-electron chi connectivity index (χ0n) is 15.3. The number of carbonyl (C=O) groups excluding carboxylic acids is 1. The zero-order chi connectivity index (χ0) is 19.1. The Bertz CT molecular complexity index is 854. The molecule has 2 aromatic heterocycles. The van der Waals surface area contributed by atoms with E-state index in [0.29, 0.717) is 13.0 Å². The van der Waals surface area contributed by atoms with Crippen molar-refractivity contribution in [2.45, 2.75) is 18.8 Å². The van der Waals surface area contributed by atoms with Crippen LogP contribution in [0, 0.1) is 5.82 Å². The minimum atomic E-state index is -0.400. The fourth-order valence-electron chi connectivity index (χ4n) is 2.99. The van der Waals surface area contributed by atoms with Crippen LogP contribution in [0.3, 0.4) is 0 Å². The molecule has 2 heterocycles. The molecule has 0 bridgehead atoms. The van der Waals surface area contributed by atoms with Gasteiger partial charge in [-0.1, -0.05) is 18.2 Å². The molecular formula is C22H22FN3O. The summed E-state index contributed by atoms with van der Waals surface area (Å²) in [5, 5.41) is 0. The van der Waals surface area contributed by atoms with E-state index in [1.807, 2.05) is 30.3 Å². The molecule has 0 aliphatic rings. The highest BCUT2D eigenvalue weighted by Crippen LogP contribution is 2.23. The van der Waals surface area contributed by atoms with E-state index in [-0.39, 0.29) is 11.7 Å². The van der Waals surface area contributed by atoms with E-state index in [4.69, 9.17) is 0 Å². The standard InChI is InChI=1S/C22H22FN3O/c1-26(15-11-17-9-13-24-14-10-17)22(27)21(16-20-4-2-3-12-25-20)18-5-7-19(23)8-6-18/h2-10,12-14,21H,11,15-16H2,1H3. The third kappa shape index (κ3) is 5.20. The van der Waals surface area contributed by atoms with Gasteiger partial charge in [-0.15, -0.1) is 0 Å². The Balaban J connectivity index is 1.76. The van der Waals surface area contributed by atoms with E-state index in [2.05, 4.69) is 9.97 Å². The van der Waals surface area contributed by atoms with Crippen LogP contribution in [0.5, 0.6) is 0 Å². The highest BCUT2D eigenvalue weighted by atomic mass is 19.1. The summed E-state index contributed by atoms with van der Waals surface area (Å²) in [6.45, 7) is 0.600. The second-order valence-corrected chi connectivity index (χ2v) is 6.49. The van der Waals surface area contributed by atoms with Gasteiger partial charge in [0.25, 0.3) is 0 Å². The summed E-state index contributed by atoms with van der Waals surface area (Å²) in [5.74, 6) is -0.710. The smallest absolute Gasteiger partial charge is 0.230 e. The maximum atomic E-state index is 13.3. The van der Waals surface area contributed by atoms with Crippen molar-refractivity contribution in [3.63, 3.8) is 0 Å². The first kappa shape index (κ1) is 18.7. The Morgan fingerprint density at radius 1 is 1.04 bits per heavy atom. The normalized spacial score (nSPS) is 11.8. The molecule has 0 radical (unpaired) electrons. The monoisotopic (exact) mass is 363 g/mol. The molecule has 1 unspecified atom stereocenters. The van der Waals surface area contributed by atoms with Crippen molar-refractivity contribution in [3.8, 4) is 0 Å². The van der Waals surface area contributed by atoms with Crippen LogP contribution < -0.4 is 0 Å². The lowest BCUT2D eigenvalue weighted by molar-refractivity contribution is -0.131. The van der Waals surface area contributed by atoms with E-state index >= 15 is 0 Å². The van der Waals surface area contributed by atoms with Gasteiger partial charge in [0.2, 0.25) is 5.91 Å². The number of aromatic nitrogens is 2. The number of hydrogen-bond donors (Lipinski definition) is 0. The van der Waals surface area contributed by atoms with Crippen molar-refractivity contribution in [1.82, 2.24) is 14.9 Å². The lowest BCUT2D eigenvalue weighted by atomic mass is 9.92. The number of nitrogens with zero attached hydrogens (tertiary/aromatic N) is 3. The van der Waals surface area contributed by atoms with E-state index in [9.17, 15) is 9.18 Å². The topological polar surface area (TPSA) is 46.1 Å². The molecule has 27 heavy (non-hydrogen) atoms. The number of hydrogen-bond acceptors (Lipinski definition) is 3. The molecule has 0 spiro atoms. The van der Waals surface area contributed by atoms with Gasteiger partial charge in [-0.25, -0.2) is 4.39 Å². The minimum Gasteiger partial charge on any atom is -0.345 e. The predicted octanol–water partition coefficient (Wildman–Crippen LogP) is 3.64. The third-order valence-electron chi connectivity index (χ3n) is 4.57. The highest BCUT2D eigenvalue weighted by molar-refractivity contribution is 5.83. The quantitative estimate of drug-likeness (QED) is 0.644. The van der Waals surface area contributed by atoms with Crippen molar-refractivity contribution in [1.29, 1.82) is 0 Å². The average Bonchev–Trinajstić information content (AvgIpc) is 2.72. The van der Waals surface area contributed by atoms with Crippen LogP contribution in [0.4, 0.5) is 4.39 Å².